The second kappa shape index (κ2) is 9.01. The highest BCUT2D eigenvalue weighted by atomic mass is 32.1. The summed E-state index contributed by atoms with van der Waals surface area (Å²) in [5.74, 6) is 0.416. The molecule has 2 aromatic heterocycles. The Bertz CT molecular complexity index is 1720. The summed E-state index contributed by atoms with van der Waals surface area (Å²) in [4.78, 5) is 27.7. The number of fused-ring (bicyclic) bond motifs is 4. The number of hydrogen-bond acceptors (Lipinski definition) is 6. The van der Waals surface area contributed by atoms with Gasteiger partial charge in [-0.05, 0) is 57.4 Å². The first kappa shape index (κ1) is 23.7. The first-order chi connectivity index (χ1) is 17.8. The lowest BCUT2D eigenvalue weighted by Crippen LogP contribution is -2.45. The summed E-state index contributed by atoms with van der Waals surface area (Å²) in [5.41, 5.74) is 8.24. The maximum atomic E-state index is 13.1. The van der Waals surface area contributed by atoms with E-state index in [9.17, 15) is 9.59 Å². The largest absolute Gasteiger partial charge is 0.440 e. The lowest BCUT2D eigenvalue weighted by molar-refractivity contribution is -0.120. The molecule has 0 aliphatic carbocycles. The zero-order chi connectivity index (χ0) is 25.7. The van der Waals surface area contributed by atoms with Crippen molar-refractivity contribution >= 4 is 60.0 Å². The summed E-state index contributed by atoms with van der Waals surface area (Å²) in [5, 5.41) is 5.67. The van der Waals surface area contributed by atoms with Crippen LogP contribution < -0.4 is 21.4 Å². The van der Waals surface area contributed by atoms with Crippen molar-refractivity contribution in [3.05, 3.63) is 70.9 Å². The number of piperidine rings is 1. The number of nitrogens with zero attached hydrogens (tertiary/aromatic N) is 1. The Kier molecular flexibility index (Phi) is 5.77. The number of nitrogens with one attached hydrogen (secondary N) is 1. The van der Waals surface area contributed by atoms with Crippen molar-refractivity contribution < 1.29 is 9.21 Å². The van der Waals surface area contributed by atoms with Gasteiger partial charge in [-0.2, -0.15) is 0 Å². The Balaban J connectivity index is 1.50. The minimum atomic E-state index is -0.968. The highest BCUT2D eigenvalue weighted by Crippen LogP contribution is 2.42. The van der Waals surface area contributed by atoms with Crippen LogP contribution in [0.4, 0.5) is 11.6 Å². The molecule has 0 saturated carbocycles. The van der Waals surface area contributed by atoms with Gasteiger partial charge in [0.2, 0.25) is 5.91 Å². The van der Waals surface area contributed by atoms with Crippen molar-refractivity contribution in [2.75, 3.05) is 23.3 Å². The van der Waals surface area contributed by atoms with E-state index < -0.39 is 5.54 Å². The number of anilines is 2. The average Bonchev–Trinajstić information content (AvgIpc) is 3.26. The van der Waals surface area contributed by atoms with Gasteiger partial charge in [0.1, 0.15) is 5.58 Å². The first-order valence-corrected chi connectivity index (χ1v) is 13.5. The second-order valence-electron chi connectivity index (χ2n) is 10.3. The summed E-state index contributed by atoms with van der Waals surface area (Å²) >= 11 is 1.69. The fraction of sp³-hybridized carbons (Fsp3) is 0.267. The summed E-state index contributed by atoms with van der Waals surface area (Å²) in [6, 6.07) is 19.6. The third-order valence-corrected chi connectivity index (χ3v) is 8.26. The molecule has 3 heterocycles. The van der Waals surface area contributed by atoms with E-state index in [1.54, 1.807) is 31.3 Å². The molecule has 6 rings (SSSR count). The number of amides is 1. The zero-order valence-electron chi connectivity index (χ0n) is 21.0. The molecule has 1 aliphatic rings. The van der Waals surface area contributed by atoms with Gasteiger partial charge in [0.05, 0.1) is 10.9 Å². The molecule has 1 fully saturated rings. The molecule has 0 atom stereocenters. The smallest absolute Gasteiger partial charge is 0.243 e. The van der Waals surface area contributed by atoms with Crippen LogP contribution in [0.3, 0.4) is 0 Å². The van der Waals surface area contributed by atoms with Crippen LogP contribution in [0.15, 0.2) is 69.9 Å². The zero-order valence-corrected chi connectivity index (χ0v) is 21.8. The van der Waals surface area contributed by atoms with E-state index in [4.69, 9.17) is 10.2 Å². The van der Waals surface area contributed by atoms with Gasteiger partial charge in [-0.15, -0.1) is 11.3 Å². The van der Waals surface area contributed by atoms with Crippen LogP contribution in [-0.2, 0) is 4.79 Å². The maximum absolute atomic E-state index is 13.1. The number of nitrogens with two attached hydrogens (primary N) is 1. The molecule has 3 N–H and O–H groups in total. The Morgan fingerprint density at radius 2 is 1.68 bits per heavy atom. The van der Waals surface area contributed by atoms with E-state index in [1.807, 2.05) is 42.5 Å². The van der Waals surface area contributed by atoms with Crippen molar-refractivity contribution in [2.24, 2.45) is 5.73 Å². The fourth-order valence-corrected chi connectivity index (χ4v) is 6.24. The van der Waals surface area contributed by atoms with Crippen molar-refractivity contribution in [1.82, 2.24) is 0 Å². The lowest BCUT2D eigenvalue weighted by atomic mass is 10.00. The lowest BCUT2D eigenvalue weighted by Gasteiger charge is -2.27. The number of carbonyl (C=O) groups excluding carboxylic acids is 1. The molecule has 1 aliphatic heterocycles. The van der Waals surface area contributed by atoms with Gasteiger partial charge in [-0.25, -0.2) is 0 Å². The van der Waals surface area contributed by atoms with Crippen molar-refractivity contribution in [2.45, 2.75) is 38.6 Å². The number of para-hydroxylation sites is 1. The standard InChI is InChI=1S/C30H29N3O3S/c1-30(2,31)29(35)32-18-12-13-25-23(16-18)21-10-7-9-20(28(21)37-25)19-8-6-11-22-24(34)17-26(36-27(19)22)33-14-4-3-5-15-33/h6-13,16-17H,3-5,14-15,31H2,1-2H3,(H,32,35). The number of thiophene rings is 1. The van der Waals surface area contributed by atoms with E-state index in [0.29, 0.717) is 22.5 Å². The van der Waals surface area contributed by atoms with Gasteiger partial charge in [-0.1, -0.05) is 30.3 Å². The van der Waals surface area contributed by atoms with Crippen LogP contribution in [0, 0.1) is 0 Å². The number of hydrogen-bond donors (Lipinski definition) is 2. The third-order valence-electron chi connectivity index (χ3n) is 7.04. The normalized spacial score (nSPS) is 14.5. The molecule has 6 nitrogen and oxygen atoms in total. The predicted molar refractivity (Wildman–Crippen MR) is 154 cm³/mol. The number of rotatable bonds is 4. The van der Waals surface area contributed by atoms with Crippen LogP contribution in [0.25, 0.3) is 42.3 Å². The summed E-state index contributed by atoms with van der Waals surface area (Å²) < 4.78 is 8.68. The van der Waals surface area contributed by atoms with Gasteiger partial charge in [-0.3, -0.25) is 9.59 Å². The Morgan fingerprint density at radius 3 is 2.43 bits per heavy atom. The Morgan fingerprint density at radius 1 is 0.946 bits per heavy atom. The van der Waals surface area contributed by atoms with E-state index in [2.05, 4.69) is 22.3 Å². The summed E-state index contributed by atoms with van der Waals surface area (Å²) in [7, 11) is 0. The molecule has 7 heteroatoms. The van der Waals surface area contributed by atoms with Crippen molar-refractivity contribution in [1.29, 1.82) is 0 Å². The topological polar surface area (TPSA) is 88.6 Å². The van der Waals surface area contributed by atoms with Crippen LogP contribution >= 0.6 is 11.3 Å². The number of benzene rings is 3. The fourth-order valence-electron chi connectivity index (χ4n) is 5.03. The van der Waals surface area contributed by atoms with Crippen LogP contribution in [0.2, 0.25) is 0 Å². The molecular formula is C30H29N3O3S. The molecule has 0 bridgehead atoms. The van der Waals surface area contributed by atoms with Crippen LogP contribution in [0.1, 0.15) is 33.1 Å². The molecular weight excluding hydrogens is 482 g/mol. The minimum Gasteiger partial charge on any atom is -0.440 e. The minimum absolute atomic E-state index is 0.0181. The van der Waals surface area contributed by atoms with E-state index in [-0.39, 0.29) is 11.3 Å². The molecule has 188 valence electrons. The van der Waals surface area contributed by atoms with Gasteiger partial charge >= 0.3 is 0 Å². The molecule has 0 spiro atoms. The third kappa shape index (κ3) is 4.28. The predicted octanol–water partition coefficient (Wildman–Crippen LogP) is 6.49. The highest BCUT2D eigenvalue weighted by molar-refractivity contribution is 7.26. The van der Waals surface area contributed by atoms with Gasteiger partial charge < -0.3 is 20.4 Å². The van der Waals surface area contributed by atoms with Gasteiger partial charge in [0.25, 0.3) is 0 Å². The van der Waals surface area contributed by atoms with Crippen LogP contribution in [0.5, 0.6) is 0 Å². The Hall–Kier alpha value is -3.68. The van der Waals surface area contributed by atoms with E-state index in [1.165, 1.54) is 6.42 Å². The molecule has 0 unspecified atom stereocenters. The number of carbonyl (C=O) groups is 1. The van der Waals surface area contributed by atoms with Crippen LogP contribution in [-0.4, -0.2) is 24.5 Å². The van der Waals surface area contributed by atoms with E-state index in [0.717, 1.165) is 57.2 Å². The monoisotopic (exact) mass is 511 g/mol. The Labute approximate surface area is 218 Å². The molecule has 3 aromatic carbocycles. The van der Waals surface area contributed by atoms with Gasteiger partial charge in [0.15, 0.2) is 11.3 Å². The first-order valence-electron chi connectivity index (χ1n) is 12.7. The molecule has 1 amide bonds. The molecule has 37 heavy (non-hydrogen) atoms. The highest BCUT2D eigenvalue weighted by Gasteiger charge is 2.22. The summed E-state index contributed by atoms with van der Waals surface area (Å²) in [6.07, 6.45) is 3.42. The molecule has 5 aromatic rings. The van der Waals surface area contributed by atoms with Crippen molar-refractivity contribution in [3.8, 4) is 11.1 Å². The average molecular weight is 512 g/mol. The molecule has 1 saturated heterocycles. The van der Waals surface area contributed by atoms with E-state index >= 15 is 0 Å². The summed E-state index contributed by atoms with van der Waals surface area (Å²) in [6.45, 7) is 5.18. The molecule has 0 radical (unpaired) electrons. The maximum Gasteiger partial charge on any atom is 0.243 e. The van der Waals surface area contributed by atoms with Gasteiger partial charge in [0, 0.05) is 56.1 Å². The quantitative estimate of drug-likeness (QED) is 0.288. The second-order valence-corrected chi connectivity index (χ2v) is 11.4. The van der Waals surface area contributed by atoms with Crippen molar-refractivity contribution in [3.63, 3.8) is 0 Å². The SMILES string of the molecule is CC(C)(N)C(=O)Nc1ccc2sc3c(-c4cccc5c(=O)cc(N6CCCCC6)oc45)cccc3c2c1.